The first-order valence-electron chi connectivity index (χ1n) is 10.3. The molecule has 0 aromatic carbocycles. The molecule has 0 atom stereocenters. The van der Waals surface area contributed by atoms with Gasteiger partial charge >= 0.3 is 0 Å². The fraction of sp³-hybridized carbons (Fsp3) is 0. The molecule has 0 spiro atoms. The predicted octanol–water partition coefficient (Wildman–Crippen LogP) is 5.79. The smallest absolute Gasteiger partial charge is 0.213 e. The van der Waals surface area contributed by atoms with Gasteiger partial charge in [-0.05, 0) is 0 Å². The van der Waals surface area contributed by atoms with E-state index in [1.165, 1.54) is 0 Å². The van der Waals surface area contributed by atoms with E-state index in [1.807, 2.05) is 0 Å². The van der Waals surface area contributed by atoms with Crippen molar-refractivity contribution in [3.8, 4) is 18.2 Å². The van der Waals surface area contributed by atoms with Crippen LogP contribution in [0, 0.1) is 104 Å². The van der Waals surface area contributed by atoms with Crippen molar-refractivity contribution in [2.45, 2.75) is 0 Å². The van der Waals surface area contributed by atoms with Crippen LogP contribution in [0.15, 0.2) is 16.7 Å². The van der Waals surface area contributed by atoms with E-state index in [4.69, 9.17) is 0 Å². The Kier molecular flexibility index (Phi) is 7.23. The molecule has 6 nitrogen and oxygen atoms in total. The van der Waals surface area contributed by atoms with E-state index in [0.29, 0.717) is 0 Å². The summed E-state index contributed by atoms with van der Waals surface area (Å²) in [5.74, 6) is -29.2. The molecule has 3 aromatic rings. The van der Waals surface area contributed by atoms with Crippen molar-refractivity contribution in [1.29, 1.82) is 15.8 Å². The molecule has 1 saturated carbocycles. The summed E-state index contributed by atoms with van der Waals surface area (Å²) >= 11 is 0. The Labute approximate surface area is 223 Å². The summed E-state index contributed by atoms with van der Waals surface area (Å²) < 4.78 is 167. The summed E-state index contributed by atoms with van der Waals surface area (Å²) in [7, 11) is 0. The number of rotatable bonds is 3. The molecule has 1 aliphatic rings. The second-order valence-corrected chi connectivity index (χ2v) is 7.66. The zero-order valence-corrected chi connectivity index (χ0v) is 19.2. The highest BCUT2D eigenvalue weighted by Crippen LogP contribution is 2.56. The fourth-order valence-corrected chi connectivity index (χ4v) is 3.58. The summed E-state index contributed by atoms with van der Waals surface area (Å²) in [6, 6.07) is 3.30. The maximum atomic E-state index is 14.5. The number of hydrogen-bond donors (Lipinski definition) is 0. The predicted molar refractivity (Wildman–Crippen MR) is 110 cm³/mol. The van der Waals surface area contributed by atoms with Crippen LogP contribution in [0.2, 0.25) is 0 Å². The number of aromatic nitrogens is 3. The molecular formula is C24F12N6. The molecule has 42 heavy (non-hydrogen) atoms. The van der Waals surface area contributed by atoms with Gasteiger partial charge < -0.3 is 0 Å². The number of pyridine rings is 3. The minimum absolute atomic E-state index is 1.10. The number of hydrogen-bond acceptors (Lipinski definition) is 6. The first-order chi connectivity index (χ1) is 19.7. The number of nitriles is 3. The van der Waals surface area contributed by atoms with Gasteiger partial charge in [-0.2, -0.15) is 42.1 Å². The van der Waals surface area contributed by atoms with Gasteiger partial charge in [-0.1, -0.05) is 0 Å². The number of allylic oxidation sites excluding steroid dienone is 6. The molecule has 210 valence electrons. The van der Waals surface area contributed by atoms with Crippen LogP contribution in [-0.4, -0.2) is 15.0 Å². The summed E-state index contributed by atoms with van der Waals surface area (Å²) in [6.07, 6.45) is 0. The third-order valence-electron chi connectivity index (χ3n) is 5.44. The van der Waals surface area contributed by atoms with Crippen molar-refractivity contribution < 1.29 is 52.7 Å². The Morgan fingerprint density at radius 3 is 0.762 bits per heavy atom. The Morgan fingerprint density at radius 2 is 0.571 bits per heavy atom. The zero-order valence-electron chi connectivity index (χ0n) is 19.2. The summed E-state index contributed by atoms with van der Waals surface area (Å²) in [5, 5.41) is 28.9. The Balaban J connectivity index is 2.26. The van der Waals surface area contributed by atoms with Crippen molar-refractivity contribution in [1.82, 2.24) is 15.0 Å². The lowest BCUT2D eigenvalue weighted by Gasteiger charge is -2.04. The van der Waals surface area contributed by atoms with Gasteiger partial charge in [0, 0.05) is 16.7 Å². The molecule has 1 fully saturated rings. The summed E-state index contributed by atoms with van der Waals surface area (Å²) in [5.41, 5.74) is -12.8. The SMILES string of the molecule is N#CC(=C1C(=C(C#N)c2nc(F)c(F)c(F)c2F)C1=C(C#N)c1nc(F)c(F)c(F)c1F)c1nc(F)c(F)c(F)c1F. The van der Waals surface area contributed by atoms with Gasteiger partial charge in [-0.3, -0.25) is 0 Å². The third-order valence-corrected chi connectivity index (χ3v) is 5.44. The average molecular weight is 600 g/mol. The largest absolute Gasteiger partial charge is 0.252 e. The molecule has 4 rings (SSSR count). The molecule has 3 aromatic heterocycles. The van der Waals surface area contributed by atoms with Gasteiger partial charge in [0.05, 0.1) is 16.7 Å². The zero-order chi connectivity index (χ0) is 31.4. The van der Waals surface area contributed by atoms with Gasteiger partial charge in [-0.25, -0.2) is 41.3 Å². The molecule has 0 bridgehead atoms. The highest BCUT2D eigenvalue weighted by molar-refractivity contribution is 6.11. The van der Waals surface area contributed by atoms with E-state index in [1.54, 1.807) is 0 Å². The van der Waals surface area contributed by atoms with Gasteiger partial charge in [0.2, 0.25) is 34.9 Å². The van der Waals surface area contributed by atoms with E-state index in [2.05, 4.69) is 15.0 Å². The van der Waals surface area contributed by atoms with Crippen LogP contribution in [0.5, 0.6) is 0 Å². The second kappa shape index (κ2) is 10.4. The van der Waals surface area contributed by atoms with Crippen LogP contribution in [0.4, 0.5) is 52.7 Å². The third kappa shape index (κ3) is 4.28. The van der Waals surface area contributed by atoms with E-state index in [-0.39, 0.29) is 0 Å². The van der Waals surface area contributed by atoms with Crippen molar-refractivity contribution in [2.24, 2.45) is 0 Å². The first kappa shape index (κ1) is 29.3. The maximum Gasteiger partial charge on any atom is 0.252 e. The second-order valence-electron chi connectivity index (χ2n) is 7.66. The van der Waals surface area contributed by atoms with Crippen LogP contribution in [-0.2, 0) is 0 Å². The molecule has 18 heteroatoms. The van der Waals surface area contributed by atoms with E-state index < -0.39 is 121 Å². The first-order valence-corrected chi connectivity index (χ1v) is 10.3. The van der Waals surface area contributed by atoms with Crippen LogP contribution >= 0.6 is 0 Å². The molecule has 0 N–H and O–H groups in total. The summed E-state index contributed by atoms with van der Waals surface area (Å²) in [4.78, 5) is 8.10. The quantitative estimate of drug-likeness (QED) is 0.214. The Morgan fingerprint density at radius 1 is 0.357 bits per heavy atom. The van der Waals surface area contributed by atoms with Crippen molar-refractivity contribution >= 4 is 16.7 Å². The van der Waals surface area contributed by atoms with E-state index in [0.717, 1.165) is 18.2 Å². The highest BCUT2D eigenvalue weighted by atomic mass is 19.2. The van der Waals surface area contributed by atoms with Crippen LogP contribution < -0.4 is 0 Å². The van der Waals surface area contributed by atoms with E-state index >= 15 is 0 Å². The highest BCUT2D eigenvalue weighted by Gasteiger charge is 2.45. The molecule has 0 saturated heterocycles. The fourth-order valence-electron chi connectivity index (χ4n) is 3.58. The number of halogens is 12. The Hall–Kier alpha value is -5.70. The van der Waals surface area contributed by atoms with Crippen molar-refractivity contribution in [2.75, 3.05) is 0 Å². The maximum absolute atomic E-state index is 14.5. The van der Waals surface area contributed by atoms with Gasteiger partial charge in [0.25, 0.3) is 17.8 Å². The lowest BCUT2D eigenvalue weighted by molar-refractivity contribution is 0.389. The molecule has 1 aliphatic carbocycles. The Bertz CT molecular complexity index is 1750. The lowest BCUT2D eigenvalue weighted by atomic mass is 10.1. The standard InChI is InChI=1S/C24F12N6/c25-10-13(28)19(40-22(34)16(10)31)4(1-37)7-8(5(2-38)20-14(29)11(26)17(32)23(35)41-20)9(7)6(3-39)21-15(30)12(27)18(33)24(36)42-21. The molecule has 0 aliphatic heterocycles. The van der Waals surface area contributed by atoms with Crippen molar-refractivity contribution in [3.63, 3.8) is 0 Å². The molecule has 0 unspecified atom stereocenters. The topological polar surface area (TPSA) is 110 Å². The average Bonchev–Trinajstić information content (AvgIpc) is 3.68. The lowest BCUT2D eigenvalue weighted by Crippen LogP contribution is -2.06. The van der Waals surface area contributed by atoms with Crippen LogP contribution in [0.1, 0.15) is 17.1 Å². The van der Waals surface area contributed by atoms with Crippen LogP contribution in [0.25, 0.3) is 16.7 Å². The molecule has 0 radical (unpaired) electrons. The van der Waals surface area contributed by atoms with E-state index in [9.17, 15) is 68.5 Å². The number of nitrogens with zero attached hydrogens (tertiary/aromatic N) is 6. The van der Waals surface area contributed by atoms with Gasteiger partial charge in [-0.15, -0.1) is 0 Å². The molecule has 0 amide bonds. The molecular weight excluding hydrogens is 600 g/mol. The van der Waals surface area contributed by atoms with Gasteiger partial charge in [0.15, 0.2) is 17.5 Å². The van der Waals surface area contributed by atoms with Crippen molar-refractivity contribution in [3.05, 3.63) is 104 Å². The van der Waals surface area contributed by atoms with Crippen LogP contribution in [0.3, 0.4) is 0 Å². The monoisotopic (exact) mass is 600 g/mol. The minimum Gasteiger partial charge on any atom is -0.213 e. The molecule has 3 heterocycles. The normalized spacial score (nSPS) is 12.1. The van der Waals surface area contributed by atoms with Gasteiger partial charge in [0.1, 0.15) is 35.3 Å². The minimum atomic E-state index is -2.55. The summed E-state index contributed by atoms with van der Waals surface area (Å²) in [6.45, 7) is 0.